The number of para-hydroxylation sites is 1. The van der Waals surface area contributed by atoms with Crippen LogP contribution >= 0.6 is 0 Å². The van der Waals surface area contributed by atoms with Gasteiger partial charge in [0, 0.05) is 32.5 Å². The maximum Gasteiger partial charge on any atom is 0.149 e. The molecule has 0 spiro atoms. The Morgan fingerprint density at radius 2 is 1.24 bits per heavy atom. The molecule has 4 nitrogen and oxygen atoms in total. The van der Waals surface area contributed by atoms with Crippen molar-refractivity contribution in [1.29, 1.82) is 0 Å². The third-order valence-corrected chi connectivity index (χ3v) is 13.1. The average molecular weight is 899 g/mol. The smallest absolute Gasteiger partial charge is 0.149 e. The standard InChI is InChI=1S/C64H65N3O/c1-39(2)47-30-48(40(3)4)32-50(31-47)45-25-26-58(42(6)29-45)67-59-20-16-19-54(60(59)66-62(67)55-37-53(63(7,8)9)38-56(61(55)68)64(10,11)12)51-33-49(43-17-14-13-15-18-43)34-52(35-51)57-36-46(27-28-65-57)44-23-21-41(5)22-24-44/h13-40,68H,1-12H3/i5D3,6D3,39D. The van der Waals surface area contributed by atoms with Crippen molar-refractivity contribution in [2.75, 3.05) is 0 Å². The monoisotopic (exact) mass is 899 g/mol. The highest BCUT2D eigenvalue weighted by Crippen LogP contribution is 2.45. The van der Waals surface area contributed by atoms with Crippen LogP contribution in [0.1, 0.15) is 124 Å². The quantitative estimate of drug-likeness (QED) is 0.157. The lowest BCUT2D eigenvalue weighted by Gasteiger charge is -2.27. The van der Waals surface area contributed by atoms with Crippen LogP contribution in [-0.4, -0.2) is 19.6 Å². The second-order valence-corrected chi connectivity index (χ2v) is 20.8. The van der Waals surface area contributed by atoms with E-state index in [4.69, 9.17) is 19.6 Å². The Kier molecular flexibility index (Phi) is 9.99. The van der Waals surface area contributed by atoms with E-state index in [1.165, 1.54) is 0 Å². The summed E-state index contributed by atoms with van der Waals surface area (Å²) in [5.74, 6) is -0.243. The Bertz CT molecular complexity index is 3600. The van der Waals surface area contributed by atoms with Crippen molar-refractivity contribution < 1.29 is 14.7 Å². The second kappa shape index (κ2) is 17.9. The molecule has 0 aliphatic rings. The molecular formula is C64H65N3O. The first-order valence-corrected chi connectivity index (χ1v) is 23.5. The van der Waals surface area contributed by atoms with E-state index in [0.717, 1.165) is 66.8 Å². The van der Waals surface area contributed by atoms with Gasteiger partial charge in [-0.2, -0.15) is 0 Å². The molecule has 2 heterocycles. The molecule has 0 saturated heterocycles. The summed E-state index contributed by atoms with van der Waals surface area (Å²) in [5, 5.41) is 12.6. The minimum Gasteiger partial charge on any atom is -0.507 e. The summed E-state index contributed by atoms with van der Waals surface area (Å²) < 4.78 is 62.0. The molecule has 0 fully saturated rings. The summed E-state index contributed by atoms with van der Waals surface area (Å²) >= 11 is 0. The van der Waals surface area contributed by atoms with Crippen LogP contribution < -0.4 is 0 Å². The molecular weight excluding hydrogens is 827 g/mol. The summed E-state index contributed by atoms with van der Waals surface area (Å²) in [6, 6.07) is 49.1. The highest BCUT2D eigenvalue weighted by atomic mass is 16.3. The Hall–Kier alpha value is -7.04. The van der Waals surface area contributed by atoms with Crippen molar-refractivity contribution in [2.24, 2.45) is 0 Å². The van der Waals surface area contributed by atoms with Crippen molar-refractivity contribution in [3.8, 4) is 78.6 Å². The highest BCUT2D eigenvalue weighted by Gasteiger charge is 2.29. The lowest BCUT2D eigenvalue weighted by Crippen LogP contribution is -2.17. The van der Waals surface area contributed by atoms with Crippen LogP contribution in [0.15, 0.2) is 158 Å². The molecule has 0 radical (unpaired) electrons. The van der Waals surface area contributed by atoms with E-state index in [0.29, 0.717) is 39.4 Å². The summed E-state index contributed by atoms with van der Waals surface area (Å²) in [4.78, 5) is 10.4. The molecule has 7 aromatic carbocycles. The maximum absolute atomic E-state index is 12.6. The van der Waals surface area contributed by atoms with E-state index in [1.54, 1.807) is 24.4 Å². The summed E-state index contributed by atoms with van der Waals surface area (Å²) in [7, 11) is 0. The molecule has 342 valence electrons. The summed E-state index contributed by atoms with van der Waals surface area (Å²) in [6.45, 7) is 15.8. The van der Waals surface area contributed by atoms with Crippen LogP contribution in [-0.2, 0) is 10.8 Å². The molecule has 68 heavy (non-hydrogen) atoms. The Morgan fingerprint density at radius 1 is 0.559 bits per heavy atom. The van der Waals surface area contributed by atoms with E-state index in [9.17, 15) is 5.11 Å². The minimum absolute atomic E-state index is 0.0732. The predicted octanol–water partition coefficient (Wildman–Crippen LogP) is 17.6. The lowest BCUT2D eigenvalue weighted by molar-refractivity contribution is 0.446. The zero-order valence-corrected chi connectivity index (χ0v) is 40.9. The van der Waals surface area contributed by atoms with E-state index < -0.39 is 25.0 Å². The zero-order chi connectivity index (χ0) is 54.2. The van der Waals surface area contributed by atoms with Crippen molar-refractivity contribution in [3.63, 3.8) is 0 Å². The van der Waals surface area contributed by atoms with Crippen molar-refractivity contribution >= 4 is 11.0 Å². The fourth-order valence-corrected chi connectivity index (χ4v) is 9.08. The first-order valence-electron chi connectivity index (χ1n) is 27.0. The molecule has 0 amide bonds. The van der Waals surface area contributed by atoms with Crippen LogP contribution in [0.3, 0.4) is 0 Å². The van der Waals surface area contributed by atoms with Gasteiger partial charge in [-0.25, -0.2) is 4.98 Å². The molecule has 9 aromatic rings. The number of fused-ring (bicyclic) bond motifs is 1. The number of hydrogen-bond donors (Lipinski definition) is 1. The number of pyridine rings is 1. The van der Waals surface area contributed by atoms with Crippen LogP contribution in [0.25, 0.3) is 83.9 Å². The average Bonchev–Trinajstić information content (AvgIpc) is 3.77. The van der Waals surface area contributed by atoms with Gasteiger partial charge in [0.15, 0.2) is 0 Å². The molecule has 0 aliphatic heterocycles. The highest BCUT2D eigenvalue weighted by molar-refractivity contribution is 5.98. The number of imidazole rings is 1. The van der Waals surface area contributed by atoms with Gasteiger partial charge in [-0.1, -0.05) is 172 Å². The van der Waals surface area contributed by atoms with Gasteiger partial charge in [0.2, 0.25) is 0 Å². The topological polar surface area (TPSA) is 50.9 Å². The number of phenols is 1. The molecule has 0 unspecified atom stereocenters. The maximum atomic E-state index is 12.6. The van der Waals surface area contributed by atoms with Crippen LogP contribution in [0.5, 0.6) is 5.75 Å². The number of aromatic nitrogens is 3. The van der Waals surface area contributed by atoms with Gasteiger partial charge < -0.3 is 5.11 Å². The fraction of sp³-hybridized carbons (Fsp3) is 0.250. The van der Waals surface area contributed by atoms with Crippen molar-refractivity contribution in [3.05, 3.63) is 191 Å². The SMILES string of the molecule is [2H]C([2H])([2H])c1ccc(-c2ccnc(-c3cc(-c4ccccc4)cc(-c4cccc5c4nc(-c4cc(C(C)(C)C)cc(C(C)(C)C)c4O)n5-c4ccc(-c5cc(C(C)C)cc(C([2H])(C)C)c5)cc4C([2H])([2H])[2H])c3)c2)cc1. The Labute approximate surface area is 414 Å². The Morgan fingerprint density at radius 3 is 1.93 bits per heavy atom. The van der Waals surface area contributed by atoms with Gasteiger partial charge in [-0.3, -0.25) is 9.55 Å². The molecule has 0 aliphatic carbocycles. The number of phenolic OH excluding ortho intramolecular Hbond substituents is 1. The first kappa shape index (κ1) is 38.0. The molecule has 0 atom stereocenters. The van der Waals surface area contributed by atoms with Gasteiger partial charge in [0.25, 0.3) is 0 Å². The minimum atomic E-state index is -2.59. The number of aryl methyl sites for hydroxylation is 2. The first-order chi connectivity index (χ1) is 35.1. The molecule has 2 aromatic heterocycles. The largest absolute Gasteiger partial charge is 0.507 e. The van der Waals surface area contributed by atoms with Gasteiger partial charge in [-0.05, 0) is 152 Å². The Balaban J connectivity index is 1.33. The summed E-state index contributed by atoms with van der Waals surface area (Å²) in [6.07, 6.45) is 1.76. The predicted molar refractivity (Wildman–Crippen MR) is 288 cm³/mol. The van der Waals surface area contributed by atoms with E-state index >= 15 is 0 Å². The number of hydrogen-bond acceptors (Lipinski definition) is 3. The summed E-state index contributed by atoms with van der Waals surface area (Å²) in [5.41, 5.74) is 13.8. The molecule has 0 bridgehead atoms. The van der Waals surface area contributed by atoms with E-state index in [-0.39, 0.29) is 28.2 Å². The number of nitrogens with zero attached hydrogens (tertiary/aromatic N) is 3. The lowest BCUT2D eigenvalue weighted by atomic mass is 9.79. The third-order valence-electron chi connectivity index (χ3n) is 13.1. The number of aromatic hydroxyl groups is 1. The number of benzene rings is 7. The number of rotatable bonds is 9. The van der Waals surface area contributed by atoms with Crippen molar-refractivity contribution in [1.82, 2.24) is 14.5 Å². The van der Waals surface area contributed by atoms with Crippen molar-refractivity contribution in [2.45, 2.75) is 106 Å². The van der Waals surface area contributed by atoms with Gasteiger partial charge in [0.1, 0.15) is 11.6 Å². The van der Waals surface area contributed by atoms with E-state index in [2.05, 4.69) is 104 Å². The van der Waals surface area contributed by atoms with Gasteiger partial charge in [0.05, 0.1) is 28.0 Å². The normalized spacial score (nSPS) is 14.2. The van der Waals surface area contributed by atoms with Gasteiger partial charge in [-0.15, -0.1) is 0 Å². The van der Waals surface area contributed by atoms with Crippen LogP contribution in [0.4, 0.5) is 0 Å². The third kappa shape index (κ3) is 9.05. The van der Waals surface area contributed by atoms with Gasteiger partial charge >= 0.3 is 0 Å². The zero-order valence-electron chi connectivity index (χ0n) is 47.9. The molecule has 0 saturated carbocycles. The van der Waals surface area contributed by atoms with E-state index in [1.807, 2.05) is 103 Å². The molecule has 1 N–H and O–H groups in total. The molecule has 4 heteroatoms. The van der Waals surface area contributed by atoms with Crippen LogP contribution in [0, 0.1) is 13.7 Å². The second-order valence-electron chi connectivity index (χ2n) is 20.8. The molecule has 9 rings (SSSR count). The fourth-order valence-electron chi connectivity index (χ4n) is 9.08. The van der Waals surface area contributed by atoms with Crippen LogP contribution in [0.2, 0.25) is 0 Å².